The third-order valence-corrected chi connectivity index (χ3v) is 4.80. The van der Waals surface area contributed by atoms with Crippen molar-refractivity contribution in [1.29, 1.82) is 0 Å². The third kappa shape index (κ3) is 1.54. The number of hydroxylamine groups is 2. The lowest BCUT2D eigenvalue weighted by Crippen LogP contribution is -2.46. The Bertz CT molecular complexity index is 522. The van der Waals surface area contributed by atoms with Gasteiger partial charge in [0.15, 0.2) is 0 Å². The normalized spacial score (nSPS) is 24.6. The first-order chi connectivity index (χ1) is 8.23. The third-order valence-electron chi connectivity index (χ3n) is 3.63. The fourth-order valence-corrected chi connectivity index (χ4v) is 3.71. The first-order valence-corrected chi connectivity index (χ1v) is 6.70. The van der Waals surface area contributed by atoms with E-state index >= 15 is 0 Å². The Morgan fingerprint density at radius 2 is 2.00 bits per heavy atom. The second kappa shape index (κ2) is 3.95. The van der Waals surface area contributed by atoms with Crippen LogP contribution in [0.15, 0.2) is 41.8 Å². The van der Waals surface area contributed by atoms with Crippen molar-refractivity contribution in [3.8, 4) is 0 Å². The van der Waals surface area contributed by atoms with Crippen molar-refractivity contribution in [3.63, 3.8) is 0 Å². The molecule has 0 fully saturated rings. The summed E-state index contributed by atoms with van der Waals surface area (Å²) in [4.78, 5) is 1.26. The Hall–Kier alpha value is -1.16. The standard InChI is InChI=1S/C14H15NOS/c1-14(12-5-3-2-4-6-12)13-11(8-10-17-13)7-9-15(14)16/h2-6,8,10,16H,7,9H2,1H3. The van der Waals surface area contributed by atoms with Crippen LogP contribution >= 0.6 is 11.3 Å². The van der Waals surface area contributed by atoms with Crippen molar-refractivity contribution < 1.29 is 5.21 Å². The molecule has 1 unspecified atom stereocenters. The first-order valence-electron chi connectivity index (χ1n) is 5.82. The molecule has 1 aliphatic rings. The van der Waals surface area contributed by atoms with Crippen LogP contribution in [0.1, 0.15) is 22.9 Å². The number of nitrogens with zero attached hydrogens (tertiary/aromatic N) is 1. The van der Waals surface area contributed by atoms with E-state index in [1.165, 1.54) is 15.5 Å². The van der Waals surface area contributed by atoms with Gasteiger partial charge in [-0.3, -0.25) is 0 Å². The predicted molar refractivity (Wildman–Crippen MR) is 69.4 cm³/mol. The van der Waals surface area contributed by atoms with Gasteiger partial charge in [0.2, 0.25) is 0 Å². The molecular formula is C14H15NOS. The maximum absolute atomic E-state index is 10.3. The monoisotopic (exact) mass is 245 g/mol. The molecule has 17 heavy (non-hydrogen) atoms. The highest BCUT2D eigenvalue weighted by atomic mass is 32.1. The number of rotatable bonds is 1. The van der Waals surface area contributed by atoms with Crippen LogP contribution in [0.2, 0.25) is 0 Å². The topological polar surface area (TPSA) is 23.5 Å². The Labute approximate surface area is 105 Å². The van der Waals surface area contributed by atoms with E-state index in [4.69, 9.17) is 0 Å². The Morgan fingerprint density at radius 1 is 1.24 bits per heavy atom. The van der Waals surface area contributed by atoms with Gasteiger partial charge in [0, 0.05) is 11.4 Å². The van der Waals surface area contributed by atoms with Crippen molar-refractivity contribution in [3.05, 3.63) is 57.8 Å². The number of benzene rings is 1. The van der Waals surface area contributed by atoms with Crippen LogP contribution in [0.5, 0.6) is 0 Å². The zero-order valence-corrected chi connectivity index (χ0v) is 10.6. The lowest BCUT2D eigenvalue weighted by Gasteiger charge is -2.40. The van der Waals surface area contributed by atoms with Crippen molar-refractivity contribution in [1.82, 2.24) is 5.06 Å². The fourth-order valence-electron chi connectivity index (χ4n) is 2.57. The second-order valence-corrected chi connectivity index (χ2v) is 5.50. The largest absolute Gasteiger partial charge is 0.313 e. The van der Waals surface area contributed by atoms with E-state index in [-0.39, 0.29) is 0 Å². The van der Waals surface area contributed by atoms with E-state index in [1.807, 2.05) is 18.2 Å². The summed E-state index contributed by atoms with van der Waals surface area (Å²) in [7, 11) is 0. The Morgan fingerprint density at radius 3 is 2.76 bits per heavy atom. The molecule has 3 rings (SSSR count). The SMILES string of the molecule is CC1(c2ccccc2)c2sccc2CCN1O. The summed E-state index contributed by atoms with van der Waals surface area (Å²) in [5.74, 6) is 0. The number of hydrogen-bond acceptors (Lipinski definition) is 3. The van der Waals surface area contributed by atoms with Crippen LogP contribution in [-0.2, 0) is 12.0 Å². The second-order valence-electron chi connectivity index (χ2n) is 4.59. The van der Waals surface area contributed by atoms with Crippen molar-refractivity contribution in [2.24, 2.45) is 0 Å². The quantitative estimate of drug-likeness (QED) is 0.833. The molecule has 88 valence electrons. The van der Waals surface area contributed by atoms with Gasteiger partial charge in [-0.15, -0.1) is 11.3 Å². The average molecular weight is 245 g/mol. The highest BCUT2D eigenvalue weighted by Crippen LogP contribution is 2.42. The molecule has 1 N–H and O–H groups in total. The van der Waals surface area contributed by atoms with Gasteiger partial charge in [0.1, 0.15) is 5.54 Å². The van der Waals surface area contributed by atoms with Gasteiger partial charge in [-0.2, -0.15) is 5.06 Å². The molecule has 0 amide bonds. The number of hydrogen-bond donors (Lipinski definition) is 1. The van der Waals surface area contributed by atoms with E-state index in [9.17, 15) is 5.21 Å². The summed E-state index contributed by atoms with van der Waals surface area (Å²) in [6, 6.07) is 12.4. The van der Waals surface area contributed by atoms with Gasteiger partial charge in [-0.05, 0) is 35.9 Å². The molecule has 1 aromatic carbocycles. The smallest absolute Gasteiger partial charge is 0.102 e. The van der Waals surface area contributed by atoms with Crippen LogP contribution in [-0.4, -0.2) is 16.8 Å². The molecule has 1 atom stereocenters. The van der Waals surface area contributed by atoms with E-state index in [2.05, 4.69) is 30.5 Å². The van der Waals surface area contributed by atoms with Crippen molar-refractivity contribution in [2.75, 3.05) is 6.54 Å². The summed E-state index contributed by atoms with van der Waals surface area (Å²) < 4.78 is 0. The maximum Gasteiger partial charge on any atom is 0.102 e. The zero-order valence-electron chi connectivity index (χ0n) is 9.76. The lowest BCUT2D eigenvalue weighted by molar-refractivity contribution is -0.160. The van der Waals surface area contributed by atoms with Gasteiger partial charge in [-0.25, -0.2) is 0 Å². The van der Waals surface area contributed by atoms with Crippen LogP contribution in [0.25, 0.3) is 0 Å². The van der Waals surface area contributed by atoms with Crippen LogP contribution in [0, 0.1) is 0 Å². The van der Waals surface area contributed by atoms with Gasteiger partial charge < -0.3 is 5.21 Å². The van der Waals surface area contributed by atoms with Gasteiger partial charge >= 0.3 is 0 Å². The van der Waals surface area contributed by atoms with Crippen LogP contribution in [0.4, 0.5) is 0 Å². The molecule has 3 heteroatoms. The van der Waals surface area contributed by atoms with E-state index in [0.717, 1.165) is 12.0 Å². The maximum atomic E-state index is 10.3. The molecule has 0 saturated carbocycles. The summed E-state index contributed by atoms with van der Waals surface area (Å²) >= 11 is 1.73. The Balaban J connectivity index is 2.19. The van der Waals surface area contributed by atoms with E-state index in [1.54, 1.807) is 11.3 Å². The molecule has 0 bridgehead atoms. The molecule has 2 nitrogen and oxygen atoms in total. The first kappa shape index (κ1) is 11.0. The molecule has 0 saturated heterocycles. The minimum atomic E-state index is -0.400. The van der Waals surface area contributed by atoms with Crippen molar-refractivity contribution >= 4 is 11.3 Å². The molecule has 1 aliphatic heterocycles. The molecule has 2 heterocycles. The lowest BCUT2D eigenvalue weighted by atomic mass is 9.84. The molecule has 0 spiro atoms. The molecule has 2 aromatic rings. The summed E-state index contributed by atoms with van der Waals surface area (Å²) in [6.45, 7) is 2.78. The fraction of sp³-hybridized carbons (Fsp3) is 0.286. The van der Waals surface area contributed by atoms with Gasteiger partial charge in [0.05, 0.1) is 0 Å². The number of thiophene rings is 1. The Kier molecular flexibility index (Phi) is 2.54. The van der Waals surface area contributed by atoms with E-state index in [0.29, 0.717) is 6.54 Å². The van der Waals surface area contributed by atoms with Crippen LogP contribution in [0.3, 0.4) is 0 Å². The van der Waals surface area contributed by atoms with Crippen molar-refractivity contribution in [2.45, 2.75) is 18.9 Å². The summed E-state index contributed by atoms with van der Waals surface area (Å²) in [5.41, 5.74) is 2.11. The molecule has 0 radical (unpaired) electrons. The molecule has 0 aliphatic carbocycles. The minimum Gasteiger partial charge on any atom is -0.313 e. The van der Waals surface area contributed by atoms with Gasteiger partial charge in [0.25, 0.3) is 0 Å². The van der Waals surface area contributed by atoms with E-state index < -0.39 is 5.54 Å². The predicted octanol–water partition coefficient (Wildman–Crippen LogP) is 3.26. The van der Waals surface area contributed by atoms with Gasteiger partial charge in [-0.1, -0.05) is 30.3 Å². The number of fused-ring (bicyclic) bond motifs is 1. The molecule has 1 aromatic heterocycles. The average Bonchev–Trinajstić information content (AvgIpc) is 2.84. The highest BCUT2D eigenvalue weighted by Gasteiger charge is 2.40. The van der Waals surface area contributed by atoms with Crippen LogP contribution < -0.4 is 0 Å². The minimum absolute atomic E-state index is 0.400. The zero-order chi connectivity index (χ0) is 11.9. The molecular weight excluding hydrogens is 230 g/mol. The highest BCUT2D eigenvalue weighted by molar-refractivity contribution is 7.10. The summed E-state index contributed by atoms with van der Waals surface area (Å²) in [6.07, 6.45) is 0.928. The summed E-state index contributed by atoms with van der Waals surface area (Å²) in [5, 5.41) is 13.9.